The van der Waals surface area contributed by atoms with Crippen LogP contribution >= 0.6 is 0 Å². The van der Waals surface area contributed by atoms with Crippen LogP contribution in [0.3, 0.4) is 0 Å². The van der Waals surface area contributed by atoms with Crippen LogP contribution in [0.4, 0.5) is 5.69 Å². The fourth-order valence-electron chi connectivity index (χ4n) is 2.74. The Bertz CT molecular complexity index is 757. The van der Waals surface area contributed by atoms with E-state index in [1.54, 1.807) is 7.05 Å². The van der Waals surface area contributed by atoms with Crippen molar-refractivity contribution in [2.24, 2.45) is 4.99 Å². The first-order valence-corrected chi connectivity index (χ1v) is 8.75. The van der Waals surface area contributed by atoms with Crippen molar-refractivity contribution in [2.75, 3.05) is 39.4 Å². The molecule has 0 fully saturated rings. The van der Waals surface area contributed by atoms with Gasteiger partial charge in [-0.15, -0.1) is 0 Å². The zero-order valence-corrected chi connectivity index (χ0v) is 15.6. The van der Waals surface area contributed by atoms with Gasteiger partial charge in [-0.3, -0.25) is 4.99 Å². The third kappa shape index (κ3) is 4.59. The Hall–Kier alpha value is -2.89. The van der Waals surface area contributed by atoms with E-state index in [2.05, 4.69) is 50.9 Å². The molecule has 0 spiro atoms. The highest BCUT2D eigenvalue weighted by Gasteiger charge is 2.12. The number of rotatable bonds is 6. The molecule has 0 saturated heterocycles. The average Bonchev–Trinajstić information content (AvgIpc) is 3.12. The van der Waals surface area contributed by atoms with E-state index in [1.807, 2.05) is 26.2 Å². The van der Waals surface area contributed by atoms with E-state index in [0.717, 1.165) is 37.0 Å². The molecule has 0 aromatic heterocycles. The van der Waals surface area contributed by atoms with Gasteiger partial charge < -0.3 is 25.0 Å². The SMILES string of the molecule is CN=C(NCCc1ccc2c(c1)OCO2)NCc1ccc(N(C)C)cc1. The van der Waals surface area contributed by atoms with Crippen molar-refractivity contribution in [3.63, 3.8) is 0 Å². The van der Waals surface area contributed by atoms with E-state index >= 15 is 0 Å². The van der Waals surface area contributed by atoms with E-state index in [1.165, 1.54) is 16.8 Å². The maximum absolute atomic E-state index is 5.42. The van der Waals surface area contributed by atoms with Gasteiger partial charge in [-0.05, 0) is 41.8 Å². The number of nitrogens with zero attached hydrogens (tertiary/aromatic N) is 2. The zero-order chi connectivity index (χ0) is 18.4. The first-order chi connectivity index (χ1) is 12.7. The van der Waals surface area contributed by atoms with Gasteiger partial charge in [0.15, 0.2) is 17.5 Å². The van der Waals surface area contributed by atoms with Crippen molar-refractivity contribution in [1.82, 2.24) is 10.6 Å². The highest BCUT2D eigenvalue weighted by Crippen LogP contribution is 2.32. The predicted octanol–water partition coefficient (Wildman–Crippen LogP) is 2.39. The van der Waals surface area contributed by atoms with Gasteiger partial charge in [0, 0.05) is 39.9 Å². The molecular formula is C20H26N4O2. The van der Waals surface area contributed by atoms with Crippen LogP contribution in [0.1, 0.15) is 11.1 Å². The van der Waals surface area contributed by atoms with Crippen molar-refractivity contribution in [3.05, 3.63) is 53.6 Å². The Morgan fingerprint density at radius 2 is 1.73 bits per heavy atom. The third-order valence-corrected chi connectivity index (χ3v) is 4.28. The fourth-order valence-corrected chi connectivity index (χ4v) is 2.74. The molecule has 2 aromatic carbocycles. The molecule has 0 bridgehead atoms. The first kappa shape index (κ1) is 17.9. The van der Waals surface area contributed by atoms with Gasteiger partial charge in [0.1, 0.15) is 0 Å². The Morgan fingerprint density at radius 1 is 1.00 bits per heavy atom. The molecule has 6 heteroatoms. The molecule has 1 aliphatic heterocycles. The van der Waals surface area contributed by atoms with Gasteiger partial charge in [0.05, 0.1) is 0 Å². The molecular weight excluding hydrogens is 328 g/mol. The molecule has 2 aromatic rings. The topological polar surface area (TPSA) is 58.1 Å². The van der Waals surface area contributed by atoms with Gasteiger partial charge >= 0.3 is 0 Å². The number of ether oxygens (including phenoxy) is 2. The predicted molar refractivity (Wildman–Crippen MR) is 105 cm³/mol. The Morgan fingerprint density at radius 3 is 2.46 bits per heavy atom. The smallest absolute Gasteiger partial charge is 0.231 e. The second-order valence-corrected chi connectivity index (χ2v) is 6.35. The molecule has 26 heavy (non-hydrogen) atoms. The Kier molecular flexibility index (Phi) is 5.84. The van der Waals surface area contributed by atoms with E-state index in [-0.39, 0.29) is 0 Å². The number of guanidine groups is 1. The monoisotopic (exact) mass is 354 g/mol. The first-order valence-electron chi connectivity index (χ1n) is 8.75. The third-order valence-electron chi connectivity index (χ3n) is 4.28. The lowest BCUT2D eigenvalue weighted by Gasteiger charge is -2.14. The number of hydrogen-bond donors (Lipinski definition) is 2. The van der Waals surface area contributed by atoms with E-state index in [9.17, 15) is 0 Å². The van der Waals surface area contributed by atoms with Crippen LogP contribution in [0.15, 0.2) is 47.5 Å². The van der Waals surface area contributed by atoms with Gasteiger partial charge in [-0.1, -0.05) is 18.2 Å². The normalized spacial score (nSPS) is 12.8. The summed E-state index contributed by atoms with van der Waals surface area (Å²) >= 11 is 0. The van der Waals surface area contributed by atoms with Crippen LogP contribution in [0.25, 0.3) is 0 Å². The lowest BCUT2D eigenvalue weighted by atomic mass is 10.1. The van der Waals surface area contributed by atoms with Crippen LogP contribution in [-0.2, 0) is 13.0 Å². The summed E-state index contributed by atoms with van der Waals surface area (Å²) in [6, 6.07) is 14.6. The summed E-state index contributed by atoms with van der Waals surface area (Å²) < 4.78 is 10.8. The minimum absolute atomic E-state index is 0.309. The number of nitrogens with one attached hydrogen (secondary N) is 2. The molecule has 0 amide bonds. The quantitative estimate of drug-likeness (QED) is 0.616. The van der Waals surface area contributed by atoms with Crippen LogP contribution < -0.4 is 25.0 Å². The second kappa shape index (κ2) is 8.47. The van der Waals surface area contributed by atoms with Gasteiger partial charge in [0.25, 0.3) is 0 Å². The van der Waals surface area contributed by atoms with Crippen LogP contribution in [-0.4, -0.2) is 40.4 Å². The molecule has 6 nitrogen and oxygen atoms in total. The molecule has 0 atom stereocenters. The van der Waals surface area contributed by atoms with Crippen molar-refractivity contribution < 1.29 is 9.47 Å². The van der Waals surface area contributed by atoms with Crippen molar-refractivity contribution in [2.45, 2.75) is 13.0 Å². The molecule has 0 saturated carbocycles. The second-order valence-electron chi connectivity index (χ2n) is 6.35. The maximum Gasteiger partial charge on any atom is 0.231 e. The summed E-state index contributed by atoms with van der Waals surface area (Å²) in [7, 11) is 5.86. The van der Waals surface area contributed by atoms with Crippen molar-refractivity contribution >= 4 is 11.6 Å². The van der Waals surface area contributed by atoms with Gasteiger partial charge in [-0.25, -0.2) is 0 Å². The molecule has 3 rings (SSSR count). The molecule has 0 unspecified atom stereocenters. The minimum Gasteiger partial charge on any atom is -0.454 e. The molecule has 1 aliphatic rings. The highest BCUT2D eigenvalue weighted by atomic mass is 16.7. The van der Waals surface area contributed by atoms with E-state index < -0.39 is 0 Å². The summed E-state index contributed by atoms with van der Waals surface area (Å²) in [4.78, 5) is 6.37. The van der Waals surface area contributed by atoms with E-state index in [4.69, 9.17) is 9.47 Å². The minimum atomic E-state index is 0.309. The van der Waals surface area contributed by atoms with Crippen LogP contribution in [0.5, 0.6) is 11.5 Å². The number of aliphatic imine (C=N–C) groups is 1. The lowest BCUT2D eigenvalue weighted by molar-refractivity contribution is 0.174. The summed E-state index contributed by atoms with van der Waals surface area (Å²) in [5, 5.41) is 6.69. The highest BCUT2D eigenvalue weighted by molar-refractivity contribution is 5.79. The molecule has 1 heterocycles. The molecule has 138 valence electrons. The standard InChI is InChI=1S/C20H26N4O2/c1-21-20(23-13-16-4-7-17(8-5-16)24(2)3)22-11-10-15-6-9-18-19(12-15)26-14-25-18/h4-9,12H,10-11,13-14H2,1-3H3,(H2,21,22,23). The summed E-state index contributed by atoms with van der Waals surface area (Å²) in [5.74, 6) is 2.44. The Balaban J connectivity index is 1.44. The summed E-state index contributed by atoms with van der Waals surface area (Å²) in [6.07, 6.45) is 0.884. The maximum atomic E-state index is 5.42. The summed E-state index contributed by atoms with van der Waals surface area (Å²) in [5.41, 5.74) is 3.62. The number of anilines is 1. The largest absolute Gasteiger partial charge is 0.454 e. The van der Waals surface area contributed by atoms with Gasteiger partial charge in [-0.2, -0.15) is 0 Å². The van der Waals surface area contributed by atoms with Crippen molar-refractivity contribution in [1.29, 1.82) is 0 Å². The molecule has 2 N–H and O–H groups in total. The lowest BCUT2D eigenvalue weighted by Crippen LogP contribution is -2.37. The zero-order valence-electron chi connectivity index (χ0n) is 15.6. The number of hydrogen-bond acceptors (Lipinski definition) is 4. The summed E-state index contributed by atoms with van der Waals surface area (Å²) in [6.45, 7) is 1.83. The van der Waals surface area contributed by atoms with E-state index in [0.29, 0.717) is 6.79 Å². The van der Waals surface area contributed by atoms with Crippen molar-refractivity contribution in [3.8, 4) is 11.5 Å². The fraction of sp³-hybridized carbons (Fsp3) is 0.350. The number of fused-ring (bicyclic) bond motifs is 1. The van der Waals surface area contributed by atoms with Gasteiger partial charge in [0.2, 0.25) is 6.79 Å². The van der Waals surface area contributed by atoms with Crippen LogP contribution in [0.2, 0.25) is 0 Å². The van der Waals surface area contributed by atoms with Crippen LogP contribution in [0, 0.1) is 0 Å². The molecule has 0 aliphatic carbocycles. The number of benzene rings is 2. The Labute approximate surface area is 154 Å². The average molecular weight is 354 g/mol. The molecule has 0 radical (unpaired) electrons.